The molecule has 152 valence electrons. The molecule has 3 aliphatic rings. The Morgan fingerprint density at radius 3 is 2.62 bits per heavy atom. The lowest BCUT2D eigenvalue weighted by molar-refractivity contribution is -0.139. The van der Waals surface area contributed by atoms with Crippen LogP contribution >= 0.6 is 11.8 Å². The molecule has 1 amide bonds. The lowest BCUT2D eigenvalue weighted by Crippen LogP contribution is -2.38. The molecule has 4 rings (SSSR count). The number of aliphatic imine (C=N–C) groups is 1. The van der Waals surface area contributed by atoms with E-state index < -0.39 is 0 Å². The van der Waals surface area contributed by atoms with E-state index in [1.165, 1.54) is 11.8 Å². The molecule has 1 unspecified atom stereocenters. The highest BCUT2D eigenvalue weighted by molar-refractivity contribution is 8.16. The summed E-state index contributed by atoms with van der Waals surface area (Å²) in [5.41, 5.74) is 3.05. The SMILES string of the molecule is CCOC(=O)C1=C(C)N=C2SC=C(CC(=O)N3CCCC3)N2C1c1ccccc1. The summed E-state index contributed by atoms with van der Waals surface area (Å²) in [5, 5.41) is 2.79. The van der Waals surface area contributed by atoms with Crippen molar-refractivity contribution in [2.75, 3.05) is 19.7 Å². The van der Waals surface area contributed by atoms with Gasteiger partial charge in [-0.2, -0.15) is 0 Å². The van der Waals surface area contributed by atoms with E-state index >= 15 is 0 Å². The van der Waals surface area contributed by atoms with Gasteiger partial charge in [0.25, 0.3) is 0 Å². The molecule has 3 aliphatic heterocycles. The number of likely N-dealkylation sites (tertiary alicyclic amines) is 1. The molecule has 1 atom stereocenters. The van der Waals surface area contributed by atoms with Crippen LogP contribution in [0, 0.1) is 0 Å². The number of thioether (sulfide) groups is 1. The largest absolute Gasteiger partial charge is 0.463 e. The van der Waals surface area contributed by atoms with Crippen LogP contribution in [0.15, 0.2) is 57.7 Å². The zero-order chi connectivity index (χ0) is 20.4. The number of benzene rings is 1. The number of allylic oxidation sites excluding steroid dienone is 1. The van der Waals surface area contributed by atoms with Gasteiger partial charge in [-0.05, 0) is 37.7 Å². The zero-order valence-electron chi connectivity index (χ0n) is 16.8. The molecule has 0 radical (unpaired) electrons. The lowest BCUT2D eigenvalue weighted by Gasteiger charge is -2.36. The summed E-state index contributed by atoms with van der Waals surface area (Å²) in [6, 6.07) is 9.53. The maximum absolute atomic E-state index is 12.8. The van der Waals surface area contributed by atoms with Gasteiger partial charge in [-0.1, -0.05) is 42.1 Å². The van der Waals surface area contributed by atoms with Crippen molar-refractivity contribution >= 4 is 28.8 Å². The smallest absolute Gasteiger partial charge is 0.338 e. The van der Waals surface area contributed by atoms with Gasteiger partial charge in [0.2, 0.25) is 5.91 Å². The summed E-state index contributed by atoms with van der Waals surface area (Å²) >= 11 is 1.51. The fraction of sp³-hybridized carbons (Fsp3) is 0.409. The summed E-state index contributed by atoms with van der Waals surface area (Å²) in [5.74, 6) is -0.227. The first kappa shape index (κ1) is 19.8. The highest BCUT2D eigenvalue weighted by atomic mass is 32.2. The molecule has 0 aliphatic carbocycles. The monoisotopic (exact) mass is 411 g/mol. The number of esters is 1. The molecule has 1 aromatic rings. The first-order valence-corrected chi connectivity index (χ1v) is 10.9. The zero-order valence-corrected chi connectivity index (χ0v) is 17.6. The Balaban J connectivity index is 1.70. The van der Waals surface area contributed by atoms with Crippen molar-refractivity contribution in [2.45, 2.75) is 39.2 Å². The molecule has 29 heavy (non-hydrogen) atoms. The third kappa shape index (κ3) is 3.83. The molecule has 0 saturated carbocycles. The molecular formula is C22H25N3O3S. The lowest BCUT2D eigenvalue weighted by atomic mass is 9.94. The summed E-state index contributed by atoms with van der Waals surface area (Å²) in [6.45, 7) is 5.61. The summed E-state index contributed by atoms with van der Waals surface area (Å²) in [4.78, 5) is 34.3. The second-order valence-electron chi connectivity index (χ2n) is 7.29. The van der Waals surface area contributed by atoms with E-state index in [4.69, 9.17) is 4.74 Å². The average Bonchev–Trinajstić information content (AvgIpc) is 3.38. The summed E-state index contributed by atoms with van der Waals surface area (Å²) < 4.78 is 5.36. The Hall–Kier alpha value is -2.54. The van der Waals surface area contributed by atoms with Crippen LogP contribution in [-0.2, 0) is 14.3 Å². The topological polar surface area (TPSA) is 62.2 Å². The number of nitrogens with zero attached hydrogens (tertiary/aromatic N) is 3. The first-order valence-electron chi connectivity index (χ1n) is 10.0. The van der Waals surface area contributed by atoms with Crippen molar-refractivity contribution in [3.05, 3.63) is 58.3 Å². The predicted octanol–water partition coefficient (Wildman–Crippen LogP) is 3.84. The van der Waals surface area contributed by atoms with Gasteiger partial charge in [0.05, 0.1) is 30.3 Å². The van der Waals surface area contributed by atoms with Crippen molar-refractivity contribution in [1.29, 1.82) is 0 Å². The Labute approximate surface area is 175 Å². The van der Waals surface area contributed by atoms with Crippen LogP contribution in [0.5, 0.6) is 0 Å². The number of fused-ring (bicyclic) bond motifs is 1. The van der Waals surface area contributed by atoms with Gasteiger partial charge >= 0.3 is 5.97 Å². The molecule has 1 saturated heterocycles. The third-order valence-corrected chi connectivity index (χ3v) is 6.29. The fourth-order valence-corrected chi connectivity index (χ4v) is 4.99. The maximum atomic E-state index is 12.8. The molecule has 3 heterocycles. The van der Waals surface area contributed by atoms with Gasteiger partial charge in [-0.25, -0.2) is 9.79 Å². The molecular weight excluding hydrogens is 386 g/mol. The Morgan fingerprint density at radius 1 is 1.21 bits per heavy atom. The molecule has 7 heteroatoms. The van der Waals surface area contributed by atoms with Crippen molar-refractivity contribution in [2.24, 2.45) is 4.99 Å². The second-order valence-corrected chi connectivity index (χ2v) is 8.13. The molecule has 0 bridgehead atoms. The van der Waals surface area contributed by atoms with Crippen molar-refractivity contribution in [3.8, 4) is 0 Å². The number of hydrogen-bond donors (Lipinski definition) is 0. The number of hydrogen-bond acceptors (Lipinski definition) is 6. The number of amidine groups is 1. The standard InChI is InChI=1S/C22H25N3O3S/c1-3-28-21(27)19-15(2)23-22-25(20(19)16-9-5-4-6-10-16)17(14-29-22)13-18(26)24-11-7-8-12-24/h4-6,9-10,14,20H,3,7-8,11-13H2,1-2H3. The van der Waals surface area contributed by atoms with Gasteiger partial charge in [0.15, 0.2) is 5.17 Å². The van der Waals surface area contributed by atoms with E-state index in [1.807, 2.05) is 52.5 Å². The van der Waals surface area contributed by atoms with Gasteiger partial charge in [-0.3, -0.25) is 4.79 Å². The van der Waals surface area contributed by atoms with E-state index in [0.29, 0.717) is 24.3 Å². The van der Waals surface area contributed by atoms with Crippen molar-refractivity contribution in [3.63, 3.8) is 0 Å². The highest BCUT2D eigenvalue weighted by Crippen LogP contribution is 2.44. The van der Waals surface area contributed by atoms with Crippen molar-refractivity contribution in [1.82, 2.24) is 9.80 Å². The van der Waals surface area contributed by atoms with Crippen LogP contribution < -0.4 is 0 Å². The average molecular weight is 412 g/mol. The minimum absolute atomic E-state index is 0.131. The van der Waals surface area contributed by atoms with Gasteiger partial charge in [0, 0.05) is 18.8 Å². The molecule has 1 fully saturated rings. The molecule has 6 nitrogen and oxygen atoms in total. The van der Waals surface area contributed by atoms with Crippen molar-refractivity contribution < 1.29 is 14.3 Å². The van der Waals surface area contributed by atoms with E-state index in [-0.39, 0.29) is 17.9 Å². The van der Waals surface area contributed by atoms with Gasteiger partial charge < -0.3 is 14.5 Å². The Kier molecular flexibility index (Phi) is 5.76. The number of carbonyl (C=O) groups excluding carboxylic acids is 2. The van der Waals surface area contributed by atoms with E-state index in [1.54, 1.807) is 6.92 Å². The van der Waals surface area contributed by atoms with Gasteiger partial charge in [-0.15, -0.1) is 0 Å². The minimum Gasteiger partial charge on any atom is -0.463 e. The van der Waals surface area contributed by atoms with Crippen LogP contribution in [0.1, 0.15) is 44.7 Å². The minimum atomic E-state index is -0.358. The van der Waals surface area contributed by atoms with E-state index in [2.05, 4.69) is 4.99 Å². The maximum Gasteiger partial charge on any atom is 0.338 e. The first-order chi connectivity index (χ1) is 14.1. The van der Waals surface area contributed by atoms with Crippen LogP contribution in [0.25, 0.3) is 0 Å². The summed E-state index contributed by atoms with van der Waals surface area (Å²) in [7, 11) is 0. The number of amides is 1. The Bertz CT molecular complexity index is 901. The quantitative estimate of drug-likeness (QED) is 0.689. The molecule has 0 N–H and O–H groups in total. The highest BCUT2D eigenvalue weighted by Gasteiger charge is 2.41. The van der Waals surface area contributed by atoms with Crippen LogP contribution in [-0.4, -0.2) is 46.5 Å². The van der Waals surface area contributed by atoms with Crippen LogP contribution in [0.3, 0.4) is 0 Å². The molecule has 0 aromatic heterocycles. The second kappa shape index (κ2) is 8.45. The normalized spacial score (nSPS) is 21.1. The third-order valence-electron chi connectivity index (χ3n) is 5.40. The van der Waals surface area contributed by atoms with E-state index in [0.717, 1.165) is 42.4 Å². The van der Waals surface area contributed by atoms with Crippen LogP contribution in [0.2, 0.25) is 0 Å². The fourth-order valence-electron chi connectivity index (χ4n) is 4.02. The number of ether oxygens (including phenoxy) is 1. The van der Waals surface area contributed by atoms with E-state index in [9.17, 15) is 9.59 Å². The van der Waals surface area contributed by atoms with Gasteiger partial charge in [0.1, 0.15) is 0 Å². The Morgan fingerprint density at radius 2 is 1.93 bits per heavy atom. The van der Waals surface area contributed by atoms with Crippen LogP contribution in [0.4, 0.5) is 0 Å². The number of carbonyl (C=O) groups is 2. The molecule has 1 aromatic carbocycles. The predicted molar refractivity (Wildman–Crippen MR) is 114 cm³/mol. The summed E-state index contributed by atoms with van der Waals surface area (Å²) in [6.07, 6.45) is 2.44. The number of rotatable bonds is 5. The molecule has 0 spiro atoms.